The van der Waals surface area contributed by atoms with E-state index < -0.39 is 5.82 Å². The van der Waals surface area contributed by atoms with Crippen LogP contribution < -0.4 is 10.6 Å². The van der Waals surface area contributed by atoms with Gasteiger partial charge in [0.25, 0.3) is 0 Å². The van der Waals surface area contributed by atoms with Crippen LogP contribution in [0.3, 0.4) is 0 Å². The molecule has 0 saturated carbocycles. The summed E-state index contributed by atoms with van der Waals surface area (Å²) in [4.78, 5) is 12.0. The molecule has 3 rings (SSSR count). The molecule has 1 unspecified atom stereocenters. The zero-order valence-corrected chi connectivity index (χ0v) is 13.9. The van der Waals surface area contributed by atoms with Gasteiger partial charge in [0, 0.05) is 17.9 Å². The fourth-order valence-corrected chi connectivity index (χ4v) is 2.75. The first kappa shape index (κ1) is 17.4. The molecule has 7 heteroatoms. The predicted octanol–water partition coefficient (Wildman–Crippen LogP) is 2.60. The van der Waals surface area contributed by atoms with Gasteiger partial charge in [0.1, 0.15) is 5.69 Å². The maximum Gasteiger partial charge on any atom is 0.228 e. The number of carbonyl (C=O) groups excluding carboxylic acids is 1. The van der Waals surface area contributed by atoms with E-state index >= 15 is 0 Å². The summed E-state index contributed by atoms with van der Waals surface area (Å²) in [5.74, 6) is -0.518. The lowest BCUT2D eigenvalue weighted by Crippen LogP contribution is -2.24. The number of nitrogens with one attached hydrogen (secondary N) is 2. The summed E-state index contributed by atoms with van der Waals surface area (Å²) >= 11 is 0. The number of nitrogens with zero attached hydrogens (tertiary/aromatic N) is 2. The van der Waals surface area contributed by atoms with E-state index in [0.29, 0.717) is 17.9 Å². The number of amides is 1. The maximum absolute atomic E-state index is 14.3. The summed E-state index contributed by atoms with van der Waals surface area (Å²) in [5, 5.41) is 10.2. The van der Waals surface area contributed by atoms with Crippen LogP contribution >= 0.6 is 12.4 Å². The minimum absolute atomic E-state index is 0. The highest BCUT2D eigenvalue weighted by molar-refractivity contribution is 5.93. The molecule has 1 fully saturated rings. The van der Waals surface area contributed by atoms with Crippen molar-refractivity contribution in [3.8, 4) is 5.69 Å². The Kier molecular flexibility index (Phi) is 5.38. The van der Waals surface area contributed by atoms with Crippen LogP contribution in [0.25, 0.3) is 5.69 Å². The van der Waals surface area contributed by atoms with Gasteiger partial charge in [0.2, 0.25) is 5.91 Å². The first-order valence-corrected chi connectivity index (χ1v) is 7.39. The molecule has 0 spiro atoms. The molecule has 5 nitrogen and oxygen atoms in total. The minimum atomic E-state index is -0.409. The summed E-state index contributed by atoms with van der Waals surface area (Å²) in [5.41, 5.74) is 2.55. The van der Waals surface area contributed by atoms with Gasteiger partial charge in [-0.25, -0.2) is 9.07 Å². The van der Waals surface area contributed by atoms with E-state index in [2.05, 4.69) is 15.7 Å². The first-order valence-electron chi connectivity index (χ1n) is 7.39. The number of rotatable bonds is 3. The second-order valence-electron chi connectivity index (χ2n) is 5.68. The Hall–Kier alpha value is -1.92. The van der Waals surface area contributed by atoms with E-state index in [0.717, 1.165) is 24.4 Å². The Morgan fingerprint density at radius 2 is 2.17 bits per heavy atom. The normalized spacial score (nSPS) is 16.9. The van der Waals surface area contributed by atoms with Crippen molar-refractivity contribution in [2.45, 2.75) is 20.3 Å². The number of aryl methyl sites for hydroxylation is 2. The van der Waals surface area contributed by atoms with Gasteiger partial charge in [-0.1, -0.05) is 0 Å². The number of benzene rings is 1. The Morgan fingerprint density at radius 1 is 1.39 bits per heavy atom. The molecule has 1 atom stereocenters. The van der Waals surface area contributed by atoms with Crippen LogP contribution in [-0.4, -0.2) is 28.8 Å². The number of aromatic nitrogens is 2. The van der Waals surface area contributed by atoms with Crippen molar-refractivity contribution in [2.75, 3.05) is 18.4 Å². The lowest BCUT2D eigenvalue weighted by molar-refractivity contribution is -0.119. The van der Waals surface area contributed by atoms with Gasteiger partial charge in [-0.3, -0.25) is 4.79 Å². The predicted molar refractivity (Wildman–Crippen MR) is 89.9 cm³/mol. The van der Waals surface area contributed by atoms with Gasteiger partial charge < -0.3 is 10.6 Å². The highest BCUT2D eigenvalue weighted by atomic mass is 35.5. The summed E-state index contributed by atoms with van der Waals surface area (Å²) in [7, 11) is 0. The standard InChI is InChI=1S/C16H19FN4O.ClH/c1-10-7-11(2)21(20-10)15-4-3-13(8-14(15)17)19-16(22)12-5-6-18-9-12;/h3-4,7-8,12,18H,5-6,9H2,1-2H3,(H,19,22);1H. The Bertz CT molecular complexity index is 710. The molecular weight excluding hydrogens is 319 g/mol. The van der Waals surface area contributed by atoms with Crippen molar-refractivity contribution in [1.29, 1.82) is 0 Å². The monoisotopic (exact) mass is 338 g/mol. The molecule has 2 aromatic rings. The third-order valence-corrected chi connectivity index (χ3v) is 3.88. The minimum Gasteiger partial charge on any atom is -0.326 e. The smallest absolute Gasteiger partial charge is 0.228 e. The first-order chi connectivity index (χ1) is 10.5. The zero-order valence-electron chi connectivity index (χ0n) is 13.1. The van der Waals surface area contributed by atoms with Gasteiger partial charge in [0.15, 0.2) is 5.82 Å². The largest absolute Gasteiger partial charge is 0.326 e. The highest BCUT2D eigenvalue weighted by Crippen LogP contribution is 2.21. The van der Waals surface area contributed by atoms with E-state index in [4.69, 9.17) is 0 Å². The molecule has 0 radical (unpaired) electrons. The molecule has 0 bridgehead atoms. The summed E-state index contributed by atoms with van der Waals surface area (Å²) in [6.45, 7) is 5.27. The topological polar surface area (TPSA) is 59.0 Å². The summed E-state index contributed by atoms with van der Waals surface area (Å²) in [6.07, 6.45) is 0.818. The van der Waals surface area contributed by atoms with Crippen LogP contribution in [0.2, 0.25) is 0 Å². The van der Waals surface area contributed by atoms with E-state index in [-0.39, 0.29) is 24.2 Å². The lowest BCUT2D eigenvalue weighted by atomic mass is 10.1. The number of carbonyl (C=O) groups is 1. The van der Waals surface area contributed by atoms with Gasteiger partial charge >= 0.3 is 0 Å². The average molecular weight is 339 g/mol. The van der Waals surface area contributed by atoms with Crippen LogP contribution in [0.15, 0.2) is 24.3 Å². The van der Waals surface area contributed by atoms with Crippen LogP contribution in [0, 0.1) is 25.6 Å². The SMILES string of the molecule is Cc1cc(C)n(-c2ccc(NC(=O)C3CCNC3)cc2F)n1.Cl. The van der Waals surface area contributed by atoms with E-state index in [1.165, 1.54) is 6.07 Å². The van der Waals surface area contributed by atoms with Crippen molar-refractivity contribution >= 4 is 24.0 Å². The molecule has 2 heterocycles. The molecular formula is C16H20ClFN4O. The second-order valence-corrected chi connectivity index (χ2v) is 5.68. The second kappa shape index (κ2) is 7.10. The van der Waals surface area contributed by atoms with Crippen molar-refractivity contribution in [2.24, 2.45) is 5.92 Å². The van der Waals surface area contributed by atoms with Crippen LogP contribution in [0.1, 0.15) is 17.8 Å². The molecule has 0 aliphatic carbocycles. The molecule has 1 aromatic carbocycles. The number of hydrogen-bond donors (Lipinski definition) is 2. The molecule has 1 amide bonds. The van der Waals surface area contributed by atoms with E-state index in [9.17, 15) is 9.18 Å². The fourth-order valence-electron chi connectivity index (χ4n) is 2.75. The molecule has 1 aromatic heterocycles. The van der Waals surface area contributed by atoms with Crippen LogP contribution in [-0.2, 0) is 4.79 Å². The Labute approximate surface area is 140 Å². The molecule has 23 heavy (non-hydrogen) atoms. The molecule has 1 aliphatic heterocycles. The zero-order chi connectivity index (χ0) is 15.7. The summed E-state index contributed by atoms with van der Waals surface area (Å²) in [6, 6.07) is 6.57. The lowest BCUT2D eigenvalue weighted by Gasteiger charge is -2.12. The third-order valence-electron chi connectivity index (χ3n) is 3.88. The quantitative estimate of drug-likeness (QED) is 0.904. The van der Waals surface area contributed by atoms with E-state index in [1.807, 2.05) is 19.9 Å². The van der Waals surface area contributed by atoms with E-state index in [1.54, 1.807) is 16.8 Å². The summed E-state index contributed by atoms with van der Waals surface area (Å²) < 4.78 is 15.9. The number of anilines is 1. The molecule has 2 N–H and O–H groups in total. The number of halogens is 2. The highest BCUT2D eigenvalue weighted by Gasteiger charge is 2.22. The third kappa shape index (κ3) is 3.71. The van der Waals surface area contributed by atoms with Crippen molar-refractivity contribution in [3.63, 3.8) is 0 Å². The molecule has 1 saturated heterocycles. The van der Waals surface area contributed by atoms with Crippen molar-refractivity contribution < 1.29 is 9.18 Å². The molecule has 1 aliphatic rings. The van der Waals surface area contributed by atoms with Crippen molar-refractivity contribution in [3.05, 3.63) is 41.5 Å². The Morgan fingerprint density at radius 3 is 2.74 bits per heavy atom. The molecule has 124 valence electrons. The van der Waals surface area contributed by atoms with Crippen molar-refractivity contribution in [1.82, 2.24) is 15.1 Å². The maximum atomic E-state index is 14.3. The van der Waals surface area contributed by atoms with Crippen LogP contribution in [0.5, 0.6) is 0 Å². The van der Waals surface area contributed by atoms with Crippen LogP contribution in [0.4, 0.5) is 10.1 Å². The van der Waals surface area contributed by atoms with Gasteiger partial charge in [0.05, 0.1) is 11.6 Å². The fraction of sp³-hybridized carbons (Fsp3) is 0.375. The Balaban J connectivity index is 0.00000192. The van der Waals surface area contributed by atoms with Gasteiger partial charge in [-0.2, -0.15) is 5.10 Å². The van der Waals surface area contributed by atoms with Gasteiger partial charge in [-0.05, 0) is 51.1 Å². The average Bonchev–Trinajstić information content (AvgIpc) is 3.09. The van der Waals surface area contributed by atoms with Gasteiger partial charge in [-0.15, -0.1) is 12.4 Å². The number of hydrogen-bond acceptors (Lipinski definition) is 3.